The van der Waals surface area contributed by atoms with Gasteiger partial charge in [-0.3, -0.25) is 0 Å². The Morgan fingerprint density at radius 2 is 2.45 bits per heavy atom. The van der Waals surface area contributed by atoms with E-state index in [1.807, 2.05) is 0 Å². The minimum absolute atomic E-state index is 0.0602. The van der Waals surface area contributed by atoms with Gasteiger partial charge in [0.15, 0.2) is 11.5 Å². The Hall–Kier alpha value is -2.10. The molecule has 7 nitrogen and oxygen atoms in total. The van der Waals surface area contributed by atoms with Crippen LogP contribution in [-0.4, -0.2) is 21.4 Å². The highest BCUT2D eigenvalue weighted by atomic mass is 16.6. The molecule has 1 heterocycles. The molecule has 0 unspecified atom stereocenters. The molecule has 0 fully saturated rings. The summed E-state index contributed by atoms with van der Waals surface area (Å²) in [5, 5.41) is 25.6. The Labute approximate surface area is 60.7 Å². The first-order chi connectivity index (χ1) is 5.29. The van der Waals surface area contributed by atoms with Crippen LogP contribution in [0.2, 0.25) is 0 Å². The molecule has 1 rings (SSSR count). The molecule has 3 N–H and O–H groups in total. The first-order valence-electron chi connectivity index (χ1n) is 2.50. The fourth-order valence-corrected chi connectivity index (χ4v) is 0.477. The quantitative estimate of drug-likeness (QED) is 0.232. The summed E-state index contributed by atoms with van der Waals surface area (Å²) in [6.07, 6.45) is 0. The van der Waals surface area contributed by atoms with E-state index in [0.717, 1.165) is 0 Å². The summed E-state index contributed by atoms with van der Waals surface area (Å²) in [6, 6.07) is 1.65. The second-order valence-corrected chi connectivity index (χ2v) is 1.56. The van der Waals surface area contributed by atoms with E-state index < -0.39 is 0 Å². The molecule has 0 saturated carbocycles. The number of aromatic nitrogens is 2. The highest BCUT2D eigenvalue weighted by Gasteiger charge is 2.12. The lowest BCUT2D eigenvalue weighted by Crippen LogP contribution is -2.14. The number of hydrogen-bond acceptors (Lipinski definition) is 6. The van der Waals surface area contributed by atoms with Crippen LogP contribution in [0.5, 0.6) is 0 Å². The van der Waals surface area contributed by atoms with E-state index in [1.54, 1.807) is 6.07 Å². The van der Waals surface area contributed by atoms with Crippen molar-refractivity contribution in [3.8, 4) is 6.07 Å². The fourth-order valence-electron chi connectivity index (χ4n) is 0.477. The Morgan fingerprint density at radius 1 is 1.73 bits per heavy atom. The maximum atomic E-state index is 8.35. The minimum atomic E-state index is -0.303. The third-order valence-electron chi connectivity index (χ3n) is 0.945. The number of rotatable bonds is 1. The van der Waals surface area contributed by atoms with Gasteiger partial charge in [0.25, 0.3) is 0 Å². The van der Waals surface area contributed by atoms with Crippen LogP contribution in [0.15, 0.2) is 9.78 Å². The van der Waals surface area contributed by atoms with E-state index in [9.17, 15) is 0 Å². The number of oxime groups is 1. The predicted molar refractivity (Wildman–Crippen MR) is 31.5 cm³/mol. The van der Waals surface area contributed by atoms with Crippen LogP contribution >= 0.6 is 0 Å². The maximum Gasteiger partial charge on any atom is 0.215 e. The molecule has 0 spiro atoms. The zero-order chi connectivity index (χ0) is 8.27. The van der Waals surface area contributed by atoms with Crippen LogP contribution in [0.1, 0.15) is 11.4 Å². The average molecular weight is 153 g/mol. The molecule has 0 radical (unpaired) electrons. The summed E-state index contributed by atoms with van der Waals surface area (Å²) >= 11 is 0. The van der Waals surface area contributed by atoms with Crippen molar-refractivity contribution < 1.29 is 9.84 Å². The summed E-state index contributed by atoms with van der Waals surface area (Å²) in [5.74, 6) is -0.303. The molecule has 11 heavy (non-hydrogen) atoms. The van der Waals surface area contributed by atoms with Crippen molar-refractivity contribution in [1.29, 1.82) is 5.26 Å². The lowest BCUT2D eigenvalue weighted by atomic mass is 10.3. The minimum Gasteiger partial charge on any atom is -0.409 e. The molecule has 1 aromatic heterocycles. The first kappa shape index (κ1) is 7.01. The molecular weight excluding hydrogens is 150 g/mol. The smallest absolute Gasteiger partial charge is 0.215 e. The van der Waals surface area contributed by atoms with Gasteiger partial charge in [-0.05, 0) is 10.3 Å². The monoisotopic (exact) mass is 153 g/mol. The van der Waals surface area contributed by atoms with Crippen LogP contribution in [0.3, 0.4) is 0 Å². The Kier molecular flexibility index (Phi) is 1.69. The Balaban J connectivity index is 3.15. The van der Waals surface area contributed by atoms with E-state index in [0.29, 0.717) is 0 Å². The van der Waals surface area contributed by atoms with Crippen molar-refractivity contribution in [2.45, 2.75) is 0 Å². The summed E-state index contributed by atoms with van der Waals surface area (Å²) in [6.45, 7) is 0. The van der Waals surface area contributed by atoms with Gasteiger partial charge in [-0.1, -0.05) is 5.16 Å². The van der Waals surface area contributed by atoms with E-state index >= 15 is 0 Å². The van der Waals surface area contributed by atoms with Gasteiger partial charge >= 0.3 is 0 Å². The lowest BCUT2D eigenvalue weighted by Gasteiger charge is -1.86. The van der Waals surface area contributed by atoms with Gasteiger partial charge in [-0.2, -0.15) is 5.26 Å². The maximum absolute atomic E-state index is 8.35. The van der Waals surface area contributed by atoms with Crippen molar-refractivity contribution in [3.05, 3.63) is 11.4 Å². The molecule has 56 valence electrons. The summed E-state index contributed by atoms with van der Waals surface area (Å²) in [7, 11) is 0. The third kappa shape index (κ3) is 1.09. The third-order valence-corrected chi connectivity index (χ3v) is 0.945. The lowest BCUT2D eigenvalue weighted by molar-refractivity contribution is 0.302. The molecule has 0 atom stereocenters. The molecule has 0 bridgehead atoms. The standard InChI is InChI=1S/C4H3N5O2/c5-1-2-3(4(6)7-10)9-11-8-2/h10H,(H2,6,7). The Bertz CT molecular complexity index is 321. The number of amidine groups is 1. The number of nitriles is 1. The molecule has 0 aliphatic rings. The Morgan fingerprint density at radius 3 is 3.00 bits per heavy atom. The molecule has 7 heteroatoms. The molecular formula is C4H3N5O2. The van der Waals surface area contributed by atoms with Crippen molar-refractivity contribution in [1.82, 2.24) is 10.3 Å². The average Bonchev–Trinajstić information content (AvgIpc) is 2.50. The topological polar surface area (TPSA) is 121 Å². The highest BCUT2D eigenvalue weighted by Crippen LogP contribution is 1.98. The molecule has 0 saturated heterocycles. The SMILES string of the molecule is N#Cc1nonc1/C(N)=N\O. The number of hydrogen-bond donors (Lipinski definition) is 2. The van der Waals surface area contributed by atoms with Crippen LogP contribution in [0.25, 0.3) is 0 Å². The largest absolute Gasteiger partial charge is 0.409 e. The molecule has 0 aromatic carbocycles. The van der Waals surface area contributed by atoms with E-state index in [2.05, 4.69) is 20.1 Å². The van der Waals surface area contributed by atoms with E-state index in [-0.39, 0.29) is 17.2 Å². The van der Waals surface area contributed by atoms with Gasteiger partial charge in [-0.15, -0.1) is 0 Å². The second kappa shape index (κ2) is 2.66. The highest BCUT2D eigenvalue weighted by molar-refractivity contribution is 5.96. The fraction of sp³-hybridized carbons (Fsp3) is 0. The van der Waals surface area contributed by atoms with Crippen LogP contribution in [0, 0.1) is 11.3 Å². The molecule has 1 aromatic rings. The van der Waals surface area contributed by atoms with Crippen molar-refractivity contribution in [2.75, 3.05) is 0 Å². The first-order valence-corrected chi connectivity index (χ1v) is 2.50. The second-order valence-electron chi connectivity index (χ2n) is 1.56. The molecule has 0 aliphatic carbocycles. The van der Waals surface area contributed by atoms with E-state index in [1.165, 1.54) is 0 Å². The number of nitrogens with two attached hydrogens (primary N) is 1. The normalized spacial score (nSPS) is 11.0. The van der Waals surface area contributed by atoms with Crippen molar-refractivity contribution in [2.24, 2.45) is 10.9 Å². The zero-order valence-corrected chi connectivity index (χ0v) is 5.22. The van der Waals surface area contributed by atoms with Gasteiger partial charge in [0, 0.05) is 0 Å². The van der Waals surface area contributed by atoms with Gasteiger partial charge in [0.1, 0.15) is 6.07 Å². The summed E-state index contributed by atoms with van der Waals surface area (Å²) < 4.78 is 4.17. The van der Waals surface area contributed by atoms with Gasteiger partial charge in [0.2, 0.25) is 5.69 Å². The van der Waals surface area contributed by atoms with E-state index in [4.69, 9.17) is 16.2 Å². The van der Waals surface area contributed by atoms with Gasteiger partial charge in [0.05, 0.1) is 0 Å². The zero-order valence-electron chi connectivity index (χ0n) is 5.22. The van der Waals surface area contributed by atoms with Crippen LogP contribution in [0.4, 0.5) is 0 Å². The summed E-state index contributed by atoms with van der Waals surface area (Å²) in [5.41, 5.74) is 4.93. The molecule has 0 amide bonds. The predicted octanol–water partition coefficient (Wildman–Crippen LogP) is -0.964. The van der Waals surface area contributed by atoms with Gasteiger partial charge < -0.3 is 10.9 Å². The summed E-state index contributed by atoms with van der Waals surface area (Å²) in [4.78, 5) is 0. The number of nitrogens with zero attached hydrogens (tertiary/aromatic N) is 4. The van der Waals surface area contributed by atoms with Crippen LogP contribution < -0.4 is 5.73 Å². The van der Waals surface area contributed by atoms with Crippen LogP contribution in [-0.2, 0) is 0 Å². The van der Waals surface area contributed by atoms with Crippen molar-refractivity contribution >= 4 is 5.84 Å². The molecule has 0 aliphatic heterocycles. The van der Waals surface area contributed by atoms with Crippen molar-refractivity contribution in [3.63, 3.8) is 0 Å². The van der Waals surface area contributed by atoms with Gasteiger partial charge in [-0.25, -0.2) is 4.63 Å².